The molecule has 0 radical (unpaired) electrons. The van der Waals surface area contributed by atoms with E-state index in [9.17, 15) is 9.18 Å². The lowest BCUT2D eigenvalue weighted by Gasteiger charge is -2.09. The number of hydrogen-bond donors (Lipinski definition) is 2. The fourth-order valence-corrected chi connectivity index (χ4v) is 1.92. The first-order valence-corrected chi connectivity index (χ1v) is 6.37. The summed E-state index contributed by atoms with van der Waals surface area (Å²) in [7, 11) is 0. The standard InChI is InChI=1S/C15H13ClFNO2/c1-9-2-4-12(7-13(9)16)18-8-11-6-10(15(19)20)3-5-14(11)17/h2-7,18H,8H2,1H3,(H,19,20). The number of benzene rings is 2. The van der Waals surface area contributed by atoms with Crippen molar-refractivity contribution in [2.75, 3.05) is 5.32 Å². The van der Waals surface area contributed by atoms with Gasteiger partial charge in [-0.15, -0.1) is 0 Å². The highest BCUT2D eigenvalue weighted by Crippen LogP contribution is 2.21. The smallest absolute Gasteiger partial charge is 0.335 e. The van der Waals surface area contributed by atoms with E-state index in [0.29, 0.717) is 10.6 Å². The monoisotopic (exact) mass is 293 g/mol. The normalized spacial score (nSPS) is 10.3. The number of rotatable bonds is 4. The van der Waals surface area contributed by atoms with Crippen LogP contribution in [-0.2, 0) is 6.54 Å². The predicted octanol–water partition coefficient (Wildman–Crippen LogP) is 4.10. The van der Waals surface area contributed by atoms with Gasteiger partial charge in [0.25, 0.3) is 0 Å². The topological polar surface area (TPSA) is 49.3 Å². The van der Waals surface area contributed by atoms with E-state index in [4.69, 9.17) is 16.7 Å². The number of nitrogens with one attached hydrogen (secondary N) is 1. The lowest BCUT2D eigenvalue weighted by Crippen LogP contribution is -2.05. The summed E-state index contributed by atoms with van der Waals surface area (Å²) in [6.45, 7) is 2.08. The largest absolute Gasteiger partial charge is 0.478 e. The van der Waals surface area contributed by atoms with Crippen molar-refractivity contribution in [3.05, 3.63) is 63.9 Å². The Morgan fingerprint density at radius 3 is 2.70 bits per heavy atom. The highest BCUT2D eigenvalue weighted by atomic mass is 35.5. The maximum absolute atomic E-state index is 13.6. The molecule has 0 aromatic heterocycles. The third-order valence-electron chi connectivity index (χ3n) is 2.95. The van der Waals surface area contributed by atoms with E-state index in [1.807, 2.05) is 19.1 Å². The number of carbonyl (C=O) groups is 1. The minimum atomic E-state index is -1.08. The second-order valence-electron chi connectivity index (χ2n) is 4.43. The van der Waals surface area contributed by atoms with E-state index in [1.165, 1.54) is 12.1 Å². The molecule has 20 heavy (non-hydrogen) atoms. The summed E-state index contributed by atoms with van der Waals surface area (Å²) in [5, 5.41) is 12.5. The Balaban J connectivity index is 2.15. The molecule has 0 fully saturated rings. The van der Waals surface area contributed by atoms with Gasteiger partial charge in [0, 0.05) is 22.8 Å². The van der Waals surface area contributed by atoms with Crippen LogP contribution in [0.5, 0.6) is 0 Å². The van der Waals surface area contributed by atoms with E-state index in [1.54, 1.807) is 6.07 Å². The molecule has 5 heteroatoms. The van der Waals surface area contributed by atoms with Crippen molar-refractivity contribution in [1.82, 2.24) is 0 Å². The van der Waals surface area contributed by atoms with Crippen LogP contribution in [0.4, 0.5) is 10.1 Å². The SMILES string of the molecule is Cc1ccc(NCc2cc(C(=O)O)ccc2F)cc1Cl. The minimum Gasteiger partial charge on any atom is -0.478 e. The fourth-order valence-electron chi connectivity index (χ4n) is 1.74. The van der Waals surface area contributed by atoms with E-state index < -0.39 is 11.8 Å². The molecular weight excluding hydrogens is 281 g/mol. The minimum absolute atomic E-state index is 0.0603. The Morgan fingerprint density at radius 1 is 1.30 bits per heavy atom. The first-order chi connectivity index (χ1) is 9.47. The molecule has 2 rings (SSSR count). The molecule has 0 unspecified atom stereocenters. The van der Waals surface area contributed by atoms with Gasteiger partial charge in [-0.25, -0.2) is 9.18 Å². The van der Waals surface area contributed by atoms with Crippen LogP contribution in [-0.4, -0.2) is 11.1 Å². The second-order valence-corrected chi connectivity index (χ2v) is 4.84. The molecule has 104 valence electrons. The van der Waals surface area contributed by atoms with E-state index >= 15 is 0 Å². The average Bonchev–Trinajstić information content (AvgIpc) is 2.41. The van der Waals surface area contributed by atoms with Crippen LogP contribution in [0.1, 0.15) is 21.5 Å². The Morgan fingerprint density at radius 2 is 2.05 bits per heavy atom. The van der Waals surface area contributed by atoms with E-state index in [0.717, 1.165) is 17.3 Å². The van der Waals surface area contributed by atoms with Gasteiger partial charge in [-0.3, -0.25) is 0 Å². The highest BCUT2D eigenvalue weighted by molar-refractivity contribution is 6.31. The molecule has 0 saturated carbocycles. The number of hydrogen-bond acceptors (Lipinski definition) is 2. The first-order valence-electron chi connectivity index (χ1n) is 5.99. The van der Waals surface area contributed by atoms with Crippen molar-refractivity contribution in [2.45, 2.75) is 13.5 Å². The molecule has 0 aliphatic rings. The molecule has 0 heterocycles. The van der Waals surface area contributed by atoms with Crippen LogP contribution in [0.25, 0.3) is 0 Å². The number of carboxylic acid groups (broad SMARTS) is 1. The van der Waals surface area contributed by atoms with Gasteiger partial charge in [0.15, 0.2) is 0 Å². The maximum atomic E-state index is 13.6. The highest BCUT2D eigenvalue weighted by Gasteiger charge is 2.08. The van der Waals surface area contributed by atoms with Gasteiger partial charge in [0.1, 0.15) is 5.82 Å². The van der Waals surface area contributed by atoms with Gasteiger partial charge in [-0.2, -0.15) is 0 Å². The molecule has 0 atom stereocenters. The molecule has 2 aromatic rings. The van der Waals surface area contributed by atoms with Gasteiger partial charge in [0.2, 0.25) is 0 Å². The van der Waals surface area contributed by atoms with Crippen molar-refractivity contribution in [2.24, 2.45) is 0 Å². The summed E-state index contributed by atoms with van der Waals surface area (Å²) in [6, 6.07) is 9.15. The molecule has 0 spiro atoms. The van der Waals surface area contributed by atoms with E-state index in [2.05, 4.69) is 5.32 Å². The van der Waals surface area contributed by atoms with Gasteiger partial charge in [0.05, 0.1) is 5.56 Å². The summed E-state index contributed by atoms with van der Waals surface area (Å²) >= 11 is 6.00. The lowest BCUT2D eigenvalue weighted by atomic mass is 10.1. The van der Waals surface area contributed by atoms with Crippen molar-refractivity contribution >= 4 is 23.3 Å². The molecular formula is C15H13ClFNO2. The summed E-state index contributed by atoms with van der Waals surface area (Å²) in [5.41, 5.74) is 2.06. The summed E-state index contributed by atoms with van der Waals surface area (Å²) in [6.07, 6.45) is 0. The Kier molecular flexibility index (Phi) is 4.25. The summed E-state index contributed by atoms with van der Waals surface area (Å²) < 4.78 is 13.6. The maximum Gasteiger partial charge on any atom is 0.335 e. The molecule has 0 aliphatic heterocycles. The summed E-state index contributed by atoms with van der Waals surface area (Å²) in [4.78, 5) is 10.9. The molecule has 0 aliphatic carbocycles. The van der Waals surface area contributed by atoms with Crippen LogP contribution >= 0.6 is 11.6 Å². The van der Waals surface area contributed by atoms with Gasteiger partial charge in [-0.05, 0) is 42.8 Å². The van der Waals surface area contributed by atoms with E-state index in [-0.39, 0.29) is 12.1 Å². The van der Waals surface area contributed by atoms with Gasteiger partial charge in [-0.1, -0.05) is 17.7 Å². The summed E-state index contributed by atoms with van der Waals surface area (Å²) in [5.74, 6) is -1.52. The molecule has 3 nitrogen and oxygen atoms in total. The lowest BCUT2D eigenvalue weighted by molar-refractivity contribution is 0.0696. The molecule has 2 N–H and O–H groups in total. The number of anilines is 1. The quantitative estimate of drug-likeness (QED) is 0.892. The van der Waals surface area contributed by atoms with Crippen molar-refractivity contribution < 1.29 is 14.3 Å². The molecule has 0 amide bonds. The van der Waals surface area contributed by atoms with Crippen LogP contribution in [0.2, 0.25) is 5.02 Å². The second kappa shape index (κ2) is 5.92. The third kappa shape index (κ3) is 3.27. The predicted molar refractivity (Wildman–Crippen MR) is 76.9 cm³/mol. The van der Waals surface area contributed by atoms with Crippen molar-refractivity contribution in [3.63, 3.8) is 0 Å². The van der Waals surface area contributed by atoms with Crippen LogP contribution in [0.15, 0.2) is 36.4 Å². The average molecular weight is 294 g/mol. The number of aromatic carboxylic acids is 1. The number of halogens is 2. The molecule has 2 aromatic carbocycles. The van der Waals surface area contributed by atoms with Crippen LogP contribution in [0.3, 0.4) is 0 Å². The zero-order valence-corrected chi connectivity index (χ0v) is 11.5. The van der Waals surface area contributed by atoms with Gasteiger partial charge < -0.3 is 10.4 Å². The van der Waals surface area contributed by atoms with Crippen LogP contribution < -0.4 is 5.32 Å². The Bertz CT molecular complexity index is 658. The van der Waals surface area contributed by atoms with Gasteiger partial charge >= 0.3 is 5.97 Å². The Labute approximate surface area is 121 Å². The molecule has 0 saturated heterocycles. The Hall–Kier alpha value is -2.07. The number of aryl methyl sites for hydroxylation is 1. The zero-order chi connectivity index (χ0) is 14.7. The van der Waals surface area contributed by atoms with Crippen LogP contribution in [0, 0.1) is 12.7 Å². The fraction of sp³-hybridized carbons (Fsp3) is 0.133. The molecule has 0 bridgehead atoms. The third-order valence-corrected chi connectivity index (χ3v) is 3.35. The van der Waals surface area contributed by atoms with Crippen molar-refractivity contribution in [1.29, 1.82) is 0 Å². The van der Waals surface area contributed by atoms with Crippen molar-refractivity contribution in [3.8, 4) is 0 Å². The number of carboxylic acids is 1. The first kappa shape index (κ1) is 14.3. The zero-order valence-electron chi connectivity index (χ0n) is 10.8.